The zero-order valence-electron chi connectivity index (χ0n) is 20.2. The van der Waals surface area contributed by atoms with Gasteiger partial charge in [0.25, 0.3) is 0 Å². The van der Waals surface area contributed by atoms with Gasteiger partial charge >= 0.3 is 5.97 Å². The van der Waals surface area contributed by atoms with E-state index in [0.717, 1.165) is 21.9 Å². The van der Waals surface area contributed by atoms with Crippen LogP contribution in [0.5, 0.6) is 5.75 Å². The molecule has 0 aliphatic carbocycles. The molecule has 0 spiro atoms. The third kappa shape index (κ3) is 6.97. The van der Waals surface area contributed by atoms with Crippen molar-refractivity contribution < 1.29 is 14.6 Å². The van der Waals surface area contributed by atoms with E-state index in [2.05, 4.69) is 20.8 Å². The standard InChI is InChI=1S/C28H21Cl2N5O3S/c29-24-11-10-21(16-25(24)30)32-28-34-33-26(39-28)19-3-1-4-22(15-19)38-23-5-2-13-35(17-23)14-12-31-20-8-6-18(7-9-20)27(36)37/h1-12,14-17,31H,13H2,(H,32,34)(H,36,37)/b14-12+. The van der Waals surface area contributed by atoms with Crippen molar-refractivity contribution in [2.75, 3.05) is 17.2 Å². The molecule has 8 nitrogen and oxygen atoms in total. The number of rotatable bonds is 9. The fraction of sp³-hybridized carbons (Fsp3) is 0.0357. The summed E-state index contributed by atoms with van der Waals surface area (Å²) in [6, 6.07) is 19.5. The van der Waals surface area contributed by atoms with Crippen molar-refractivity contribution in [2.24, 2.45) is 0 Å². The van der Waals surface area contributed by atoms with Crippen molar-refractivity contribution in [1.82, 2.24) is 15.1 Å². The van der Waals surface area contributed by atoms with Gasteiger partial charge in [0, 0.05) is 42.1 Å². The van der Waals surface area contributed by atoms with E-state index >= 15 is 0 Å². The molecule has 5 rings (SSSR count). The first kappa shape index (κ1) is 26.3. The van der Waals surface area contributed by atoms with Gasteiger partial charge in [-0.3, -0.25) is 0 Å². The zero-order valence-corrected chi connectivity index (χ0v) is 22.5. The maximum absolute atomic E-state index is 11.0. The van der Waals surface area contributed by atoms with E-state index < -0.39 is 5.97 Å². The second-order valence-electron chi connectivity index (χ2n) is 8.27. The van der Waals surface area contributed by atoms with Crippen molar-refractivity contribution >= 4 is 57.0 Å². The normalized spacial score (nSPS) is 12.9. The zero-order chi connectivity index (χ0) is 27.2. The molecule has 0 atom stereocenters. The molecule has 1 aromatic heterocycles. The van der Waals surface area contributed by atoms with Crippen molar-refractivity contribution in [3.8, 4) is 16.3 Å². The number of ether oxygens (including phenoxy) is 1. The fourth-order valence-corrected chi connectivity index (χ4v) is 4.63. The lowest BCUT2D eigenvalue weighted by atomic mass is 10.2. The van der Waals surface area contributed by atoms with Gasteiger partial charge in [0.2, 0.25) is 5.13 Å². The number of nitrogens with one attached hydrogen (secondary N) is 2. The number of benzene rings is 3. The molecule has 1 aliphatic heterocycles. The Bertz CT molecular complexity index is 1580. The van der Waals surface area contributed by atoms with Crippen LogP contribution in [0.1, 0.15) is 10.4 Å². The van der Waals surface area contributed by atoms with E-state index in [1.807, 2.05) is 59.8 Å². The number of carboxylic acids is 1. The number of carboxylic acid groups (broad SMARTS) is 1. The molecule has 0 amide bonds. The average molecular weight is 578 g/mol. The number of allylic oxidation sites excluding steroid dienone is 1. The summed E-state index contributed by atoms with van der Waals surface area (Å²) in [7, 11) is 0. The first-order valence-corrected chi connectivity index (χ1v) is 13.2. The van der Waals surface area contributed by atoms with Crippen LogP contribution in [0.4, 0.5) is 16.5 Å². The van der Waals surface area contributed by atoms with Gasteiger partial charge in [-0.2, -0.15) is 0 Å². The largest absolute Gasteiger partial charge is 0.478 e. The minimum absolute atomic E-state index is 0.242. The Labute approximate surface area is 238 Å². The van der Waals surface area contributed by atoms with Crippen molar-refractivity contribution in [3.05, 3.63) is 119 Å². The Morgan fingerprint density at radius 2 is 1.85 bits per heavy atom. The number of aromatic nitrogens is 2. The predicted octanol–water partition coefficient (Wildman–Crippen LogP) is 7.63. The van der Waals surface area contributed by atoms with Crippen LogP contribution in [0, 0.1) is 0 Å². The summed E-state index contributed by atoms with van der Waals surface area (Å²) in [6.07, 6.45) is 9.46. The lowest BCUT2D eigenvalue weighted by Crippen LogP contribution is -2.15. The molecule has 3 aromatic carbocycles. The maximum atomic E-state index is 11.0. The monoisotopic (exact) mass is 577 g/mol. The Morgan fingerprint density at radius 1 is 1.03 bits per heavy atom. The second-order valence-corrected chi connectivity index (χ2v) is 10.1. The van der Waals surface area contributed by atoms with Gasteiger partial charge in [-0.05, 0) is 60.7 Å². The molecule has 0 saturated heterocycles. The molecular formula is C28H21Cl2N5O3S. The van der Waals surface area contributed by atoms with Crippen LogP contribution in [-0.2, 0) is 0 Å². The third-order valence-corrected chi connectivity index (χ3v) is 7.08. The van der Waals surface area contributed by atoms with Crippen LogP contribution in [0.15, 0.2) is 103 Å². The van der Waals surface area contributed by atoms with E-state index in [-0.39, 0.29) is 5.56 Å². The molecule has 0 fully saturated rings. The summed E-state index contributed by atoms with van der Waals surface area (Å²) in [5, 5.41) is 26.2. The number of aromatic carboxylic acids is 1. The van der Waals surface area contributed by atoms with Gasteiger partial charge in [-0.1, -0.05) is 52.7 Å². The van der Waals surface area contributed by atoms with Crippen LogP contribution >= 0.6 is 34.5 Å². The van der Waals surface area contributed by atoms with Gasteiger partial charge in [-0.15, -0.1) is 10.2 Å². The summed E-state index contributed by atoms with van der Waals surface area (Å²) in [5.41, 5.74) is 2.67. The van der Waals surface area contributed by atoms with Crippen LogP contribution < -0.4 is 15.4 Å². The lowest BCUT2D eigenvalue weighted by molar-refractivity contribution is 0.0697. The summed E-state index contributed by atoms with van der Waals surface area (Å²) in [5.74, 6) is 0.388. The minimum atomic E-state index is -0.953. The van der Waals surface area contributed by atoms with Crippen LogP contribution in [0.25, 0.3) is 10.6 Å². The van der Waals surface area contributed by atoms with Gasteiger partial charge in [0.15, 0.2) is 0 Å². The Morgan fingerprint density at radius 3 is 2.64 bits per heavy atom. The van der Waals surface area contributed by atoms with Crippen molar-refractivity contribution in [3.63, 3.8) is 0 Å². The second kappa shape index (κ2) is 12.0. The summed E-state index contributed by atoms with van der Waals surface area (Å²) >= 11 is 13.5. The van der Waals surface area contributed by atoms with Crippen LogP contribution in [0.2, 0.25) is 10.0 Å². The van der Waals surface area contributed by atoms with Crippen molar-refractivity contribution in [1.29, 1.82) is 0 Å². The highest BCUT2D eigenvalue weighted by Gasteiger charge is 2.11. The summed E-state index contributed by atoms with van der Waals surface area (Å²) in [4.78, 5) is 12.9. The molecule has 196 valence electrons. The molecular weight excluding hydrogens is 557 g/mol. The Kier molecular flexibility index (Phi) is 8.12. The summed E-state index contributed by atoms with van der Waals surface area (Å²) in [6.45, 7) is 0.683. The molecule has 1 aliphatic rings. The van der Waals surface area contributed by atoms with Crippen molar-refractivity contribution in [2.45, 2.75) is 0 Å². The third-order valence-electron chi connectivity index (χ3n) is 5.45. The van der Waals surface area contributed by atoms with Crippen LogP contribution in [0.3, 0.4) is 0 Å². The van der Waals surface area contributed by atoms with E-state index in [1.165, 1.54) is 11.3 Å². The first-order chi connectivity index (χ1) is 18.9. The minimum Gasteiger partial charge on any atom is -0.478 e. The van der Waals surface area contributed by atoms with Crippen LogP contribution in [-0.4, -0.2) is 32.7 Å². The number of nitrogens with zero attached hydrogens (tertiary/aromatic N) is 3. The number of halogens is 2. The van der Waals surface area contributed by atoms with E-state index in [9.17, 15) is 4.79 Å². The highest BCUT2D eigenvalue weighted by atomic mass is 35.5. The highest BCUT2D eigenvalue weighted by molar-refractivity contribution is 7.18. The first-order valence-electron chi connectivity index (χ1n) is 11.7. The molecule has 3 N–H and O–H groups in total. The molecule has 2 heterocycles. The quantitative estimate of drug-likeness (QED) is 0.187. The van der Waals surface area contributed by atoms with E-state index in [0.29, 0.717) is 33.2 Å². The number of anilines is 3. The van der Waals surface area contributed by atoms with Gasteiger partial charge in [0.1, 0.15) is 16.5 Å². The average Bonchev–Trinajstić information content (AvgIpc) is 3.40. The summed E-state index contributed by atoms with van der Waals surface area (Å²) < 4.78 is 6.11. The van der Waals surface area contributed by atoms with E-state index in [4.69, 9.17) is 33.0 Å². The topological polar surface area (TPSA) is 99.6 Å². The lowest BCUT2D eigenvalue weighted by Gasteiger charge is -2.19. The molecule has 11 heteroatoms. The molecule has 0 radical (unpaired) electrons. The Balaban J connectivity index is 1.21. The molecule has 39 heavy (non-hydrogen) atoms. The fourth-order valence-electron chi connectivity index (χ4n) is 3.57. The number of hydrogen-bond donors (Lipinski definition) is 3. The Hall–Kier alpha value is -4.31. The predicted molar refractivity (Wildman–Crippen MR) is 156 cm³/mol. The van der Waals surface area contributed by atoms with E-state index in [1.54, 1.807) is 42.6 Å². The maximum Gasteiger partial charge on any atom is 0.335 e. The van der Waals surface area contributed by atoms with Gasteiger partial charge in [0.05, 0.1) is 15.6 Å². The number of hydrogen-bond acceptors (Lipinski definition) is 8. The highest BCUT2D eigenvalue weighted by Crippen LogP contribution is 2.32. The number of carbonyl (C=O) groups is 1. The SMILES string of the molecule is O=C(O)c1ccc(N/C=C/N2C=C(Oc3cccc(-c4nnc(Nc5ccc(Cl)c(Cl)c5)s4)c3)C=CC2)cc1. The molecule has 0 unspecified atom stereocenters. The van der Waals surface area contributed by atoms with Gasteiger partial charge in [-0.25, -0.2) is 4.79 Å². The molecule has 0 bridgehead atoms. The van der Waals surface area contributed by atoms with Gasteiger partial charge < -0.3 is 25.4 Å². The molecule has 0 saturated carbocycles. The smallest absolute Gasteiger partial charge is 0.335 e. The molecule has 4 aromatic rings.